The summed E-state index contributed by atoms with van der Waals surface area (Å²) in [5.41, 5.74) is -0.0141. The van der Waals surface area contributed by atoms with Crippen LogP contribution in [-0.2, 0) is 0 Å². The second-order valence-corrected chi connectivity index (χ2v) is 3.29. The van der Waals surface area contributed by atoms with Crippen molar-refractivity contribution in [3.05, 3.63) is 29.6 Å². The molecule has 1 N–H and O–H groups in total. The average molecular weight is 238 g/mol. The number of rotatable bonds is 3. The van der Waals surface area contributed by atoms with Crippen molar-refractivity contribution in [2.75, 3.05) is 6.61 Å². The maximum absolute atomic E-state index is 13.2. The third kappa shape index (κ3) is 3.10. The highest BCUT2D eigenvalue weighted by molar-refractivity contribution is 5.37. The Morgan fingerprint density at radius 3 is 2.50 bits per heavy atom. The van der Waals surface area contributed by atoms with Crippen LogP contribution in [0.25, 0.3) is 0 Å². The van der Waals surface area contributed by atoms with Crippen LogP contribution in [0, 0.1) is 5.82 Å². The second kappa shape index (κ2) is 4.69. The van der Waals surface area contributed by atoms with Crippen molar-refractivity contribution in [2.45, 2.75) is 19.2 Å². The summed E-state index contributed by atoms with van der Waals surface area (Å²) in [4.78, 5) is 0. The number of benzene rings is 1. The molecule has 0 spiro atoms. The summed E-state index contributed by atoms with van der Waals surface area (Å²) in [6.07, 6.45) is -4.95. The van der Waals surface area contributed by atoms with E-state index < -0.39 is 30.5 Å². The Balaban J connectivity index is 3.13. The lowest BCUT2D eigenvalue weighted by molar-refractivity contribution is -0.276. The largest absolute Gasteiger partial charge is 0.573 e. The van der Waals surface area contributed by atoms with Crippen LogP contribution in [0.1, 0.15) is 18.4 Å². The number of para-hydroxylation sites is 1. The molecule has 0 saturated carbocycles. The fourth-order valence-electron chi connectivity index (χ4n) is 1.24. The highest BCUT2D eigenvalue weighted by atomic mass is 19.4. The molecule has 6 heteroatoms. The van der Waals surface area contributed by atoms with Crippen LogP contribution in [0.5, 0.6) is 5.75 Å². The van der Waals surface area contributed by atoms with Gasteiger partial charge < -0.3 is 9.84 Å². The topological polar surface area (TPSA) is 29.5 Å². The minimum absolute atomic E-state index is 0.0141. The third-order valence-corrected chi connectivity index (χ3v) is 2.02. The lowest BCUT2D eigenvalue weighted by atomic mass is 10.0. The molecule has 0 bridgehead atoms. The van der Waals surface area contributed by atoms with Gasteiger partial charge >= 0.3 is 6.36 Å². The van der Waals surface area contributed by atoms with Crippen molar-refractivity contribution in [3.63, 3.8) is 0 Å². The lowest BCUT2D eigenvalue weighted by Gasteiger charge is -2.16. The Morgan fingerprint density at radius 1 is 1.38 bits per heavy atom. The van der Waals surface area contributed by atoms with E-state index in [0.717, 1.165) is 6.07 Å². The Morgan fingerprint density at radius 2 is 2.00 bits per heavy atom. The van der Waals surface area contributed by atoms with Gasteiger partial charge in [0.05, 0.1) is 0 Å². The summed E-state index contributed by atoms with van der Waals surface area (Å²) >= 11 is 0. The smallest absolute Gasteiger partial charge is 0.402 e. The third-order valence-electron chi connectivity index (χ3n) is 2.02. The van der Waals surface area contributed by atoms with Gasteiger partial charge in [0.1, 0.15) is 0 Å². The molecule has 1 unspecified atom stereocenters. The molecule has 1 aromatic carbocycles. The molecule has 0 aromatic heterocycles. The molecule has 0 aliphatic rings. The van der Waals surface area contributed by atoms with Crippen LogP contribution < -0.4 is 4.74 Å². The standard InChI is InChI=1S/C10H10F4O2/c1-6(5-15)7-3-2-4-8(11)9(7)16-10(12,13)14/h2-4,6,15H,5H2,1H3. The van der Waals surface area contributed by atoms with Crippen molar-refractivity contribution in [1.82, 2.24) is 0 Å². The van der Waals surface area contributed by atoms with Gasteiger partial charge in [0.15, 0.2) is 11.6 Å². The predicted molar refractivity (Wildman–Crippen MR) is 48.6 cm³/mol. The second-order valence-electron chi connectivity index (χ2n) is 3.29. The zero-order chi connectivity index (χ0) is 12.3. The van der Waals surface area contributed by atoms with Crippen molar-refractivity contribution < 1.29 is 27.4 Å². The fraction of sp³-hybridized carbons (Fsp3) is 0.400. The van der Waals surface area contributed by atoms with Gasteiger partial charge in [0.25, 0.3) is 0 Å². The number of aliphatic hydroxyl groups excluding tert-OH is 1. The summed E-state index contributed by atoms with van der Waals surface area (Å²) in [5.74, 6) is -2.61. The van der Waals surface area contributed by atoms with Gasteiger partial charge in [0.2, 0.25) is 0 Å². The van der Waals surface area contributed by atoms with Crippen LogP contribution in [0.3, 0.4) is 0 Å². The first-order valence-corrected chi connectivity index (χ1v) is 4.50. The molecular formula is C10H10F4O2. The Bertz CT molecular complexity index is 362. The summed E-state index contributed by atoms with van der Waals surface area (Å²) < 4.78 is 52.8. The minimum atomic E-state index is -4.95. The molecule has 1 aromatic rings. The first-order valence-electron chi connectivity index (χ1n) is 4.50. The number of halogens is 4. The molecular weight excluding hydrogens is 228 g/mol. The van der Waals surface area contributed by atoms with Crippen LogP contribution in [0.15, 0.2) is 18.2 Å². The molecule has 0 amide bonds. The number of hydrogen-bond acceptors (Lipinski definition) is 2. The van der Waals surface area contributed by atoms with E-state index in [4.69, 9.17) is 5.11 Å². The summed E-state index contributed by atoms with van der Waals surface area (Å²) in [7, 11) is 0. The maximum Gasteiger partial charge on any atom is 0.573 e. The Labute approximate surface area is 89.5 Å². The SMILES string of the molecule is CC(CO)c1cccc(F)c1OC(F)(F)F. The van der Waals surface area contributed by atoms with Gasteiger partial charge in [-0.15, -0.1) is 13.2 Å². The summed E-state index contributed by atoms with van der Waals surface area (Å²) in [6.45, 7) is 1.08. The highest BCUT2D eigenvalue weighted by Crippen LogP contribution is 2.33. The summed E-state index contributed by atoms with van der Waals surface area (Å²) in [6, 6.07) is 3.42. The number of hydrogen-bond donors (Lipinski definition) is 1. The van der Waals surface area contributed by atoms with Crippen molar-refractivity contribution in [3.8, 4) is 5.75 Å². The molecule has 90 valence electrons. The van der Waals surface area contributed by atoms with E-state index in [2.05, 4.69) is 4.74 Å². The van der Waals surface area contributed by atoms with Crippen LogP contribution >= 0.6 is 0 Å². The van der Waals surface area contributed by atoms with E-state index in [1.54, 1.807) is 0 Å². The van der Waals surface area contributed by atoms with E-state index in [-0.39, 0.29) is 5.56 Å². The van der Waals surface area contributed by atoms with E-state index in [1.807, 2.05) is 0 Å². The maximum atomic E-state index is 13.2. The van der Waals surface area contributed by atoms with Gasteiger partial charge in [-0.3, -0.25) is 0 Å². The van der Waals surface area contributed by atoms with E-state index in [9.17, 15) is 17.6 Å². The minimum Gasteiger partial charge on any atom is -0.402 e. The van der Waals surface area contributed by atoms with Gasteiger partial charge in [-0.05, 0) is 6.07 Å². The van der Waals surface area contributed by atoms with E-state index in [0.29, 0.717) is 0 Å². The zero-order valence-corrected chi connectivity index (χ0v) is 8.38. The molecule has 0 fully saturated rings. The number of alkyl halides is 3. The number of aliphatic hydroxyl groups is 1. The van der Waals surface area contributed by atoms with Crippen molar-refractivity contribution in [1.29, 1.82) is 0 Å². The molecule has 0 aliphatic carbocycles. The molecule has 0 radical (unpaired) electrons. The Kier molecular flexibility index (Phi) is 3.74. The highest BCUT2D eigenvalue weighted by Gasteiger charge is 2.34. The first-order chi connectivity index (χ1) is 7.35. The quantitative estimate of drug-likeness (QED) is 0.820. The van der Waals surface area contributed by atoms with Gasteiger partial charge in [-0.1, -0.05) is 19.1 Å². The summed E-state index contributed by atoms with van der Waals surface area (Å²) in [5, 5.41) is 8.84. The van der Waals surface area contributed by atoms with Crippen LogP contribution in [-0.4, -0.2) is 18.1 Å². The normalized spacial score (nSPS) is 13.6. The van der Waals surface area contributed by atoms with Gasteiger partial charge in [0, 0.05) is 18.1 Å². The fourth-order valence-corrected chi connectivity index (χ4v) is 1.24. The van der Waals surface area contributed by atoms with Crippen LogP contribution in [0.2, 0.25) is 0 Å². The van der Waals surface area contributed by atoms with Crippen LogP contribution in [0.4, 0.5) is 17.6 Å². The predicted octanol–water partition coefficient (Wildman–Crippen LogP) is 2.82. The first kappa shape index (κ1) is 12.8. The number of ether oxygens (including phenoxy) is 1. The van der Waals surface area contributed by atoms with E-state index in [1.165, 1.54) is 19.1 Å². The van der Waals surface area contributed by atoms with Gasteiger partial charge in [-0.2, -0.15) is 0 Å². The Hall–Kier alpha value is -1.30. The molecule has 0 saturated heterocycles. The average Bonchev–Trinajstić information content (AvgIpc) is 2.18. The molecule has 2 nitrogen and oxygen atoms in total. The lowest BCUT2D eigenvalue weighted by Crippen LogP contribution is -2.19. The molecule has 0 heterocycles. The molecule has 0 aliphatic heterocycles. The molecule has 1 atom stereocenters. The zero-order valence-electron chi connectivity index (χ0n) is 8.38. The monoisotopic (exact) mass is 238 g/mol. The molecule has 16 heavy (non-hydrogen) atoms. The van der Waals surface area contributed by atoms with Crippen molar-refractivity contribution >= 4 is 0 Å². The van der Waals surface area contributed by atoms with E-state index >= 15 is 0 Å². The molecule has 1 rings (SSSR count). The van der Waals surface area contributed by atoms with Crippen molar-refractivity contribution in [2.24, 2.45) is 0 Å². The van der Waals surface area contributed by atoms with Gasteiger partial charge in [-0.25, -0.2) is 4.39 Å².